The Morgan fingerprint density at radius 1 is 1.33 bits per heavy atom. The van der Waals surface area contributed by atoms with Gasteiger partial charge >= 0.3 is 0 Å². The van der Waals surface area contributed by atoms with Crippen molar-refractivity contribution < 1.29 is 14.2 Å². The smallest absolute Gasteiger partial charge is 0.203 e. The number of H-pyrrole nitrogens is 1. The Morgan fingerprint density at radius 3 is 3.05 bits per heavy atom. The van der Waals surface area contributed by atoms with E-state index in [1.807, 2.05) is 18.3 Å². The van der Waals surface area contributed by atoms with Crippen LogP contribution in [-0.2, 0) is 13.0 Å². The molecule has 0 bridgehead atoms. The van der Waals surface area contributed by atoms with Gasteiger partial charge in [0.15, 0.2) is 11.5 Å². The monoisotopic (exact) mass is 289 g/mol. The highest BCUT2D eigenvalue weighted by atomic mass is 16.6. The maximum atomic E-state index is 5.63. The number of imidazole rings is 1. The van der Waals surface area contributed by atoms with Gasteiger partial charge in [-0.3, -0.25) is 0 Å². The van der Waals surface area contributed by atoms with Gasteiger partial charge in [-0.25, -0.2) is 4.98 Å². The molecule has 0 spiro atoms. The van der Waals surface area contributed by atoms with Crippen LogP contribution < -0.4 is 19.5 Å². The molecule has 0 fully saturated rings. The summed E-state index contributed by atoms with van der Waals surface area (Å²) in [5, 5.41) is 3.40. The molecule has 1 aliphatic heterocycles. The molecule has 3 rings (SSSR count). The normalized spacial score (nSPS) is 13.2. The van der Waals surface area contributed by atoms with E-state index in [4.69, 9.17) is 14.2 Å². The molecule has 112 valence electrons. The molecule has 0 unspecified atom stereocenters. The van der Waals surface area contributed by atoms with Gasteiger partial charge < -0.3 is 24.5 Å². The van der Waals surface area contributed by atoms with Crippen molar-refractivity contribution in [1.82, 2.24) is 15.3 Å². The van der Waals surface area contributed by atoms with Crippen molar-refractivity contribution in [1.29, 1.82) is 0 Å². The largest absolute Gasteiger partial charge is 0.493 e. The van der Waals surface area contributed by atoms with Crippen LogP contribution in [0.3, 0.4) is 0 Å². The van der Waals surface area contributed by atoms with E-state index >= 15 is 0 Å². The summed E-state index contributed by atoms with van der Waals surface area (Å²) in [4.78, 5) is 7.09. The van der Waals surface area contributed by atoms with Crippen molar-refractivity contribution >= 4 is 0 Å². The average Bonchev–Trinajstić information content (AvgIpc) is 3.04. The van der Waals surface area contributed by atoms with Crippen LogP contribution in [0.5, 0.6) is 17.2 Å². The van der Waals surface area contributed by atoms with Gasteiger partial charge in [0.25, 0.3) is 0 Å². The zero-order valence-corrected chi connectivity index (χ0v) is 12.0. The highest BCUT2D eigenvalue weighted by Gasteiger charge is 2.18. The number of fused-ring (bicyclic) bond motifs is 1. The van der Waals surface area contributed by atoms with Crippen molar-refractivity contribution in [3.8, 4) is 17.2 Å². The molecule has 21 heavy (non-hydrogen) atoms. The number of hydrogen-bond donors (Lipinski definition) is 2. The molecule has 0 radical (unpaired) electrons. The summed E-state index contributed by atoms with van der Waals surface area (Å²) in [7, 11) is 1.64. The van der Waals surface area contributed by atoms with Crippen molar-refractivity contribution in [2.75, 3.05) is 26.9 Å². The third kappa shape index (κ3) is 3.28. The van der Waals surface area contributed by atoms with E-state index < -0.39 is 0 Å². The number of rotatable bonds is 6. The highest BCUT2D eigenvalue weighted by molar-refractivity contribution is 5.54. The molecule has 2 heterocycles. The zero-order chi connectivity index (χ0) is 14.5. The molecular weight excluding hydrogens is 270 g/mol. The lowest BCUT2D eigenvalue weighted by atomic mass is 10.1. The number of hydrogen-bond acceptors (Lipinski definition) is 5. The Kier molecular flexibility index (Phi) is 4.25. The Morgan fingerprint density at radius 2 is 2.24 bits per heavy atom. The fraction of sp³-hybridized carbons (Fsp3) is 0.400. The predicted molar refractivity (Wildman–Crippen MR) is 78.0 cm³/mol. The predicted octanol–water partition coefficient (Wildman–Crippen LogP) is 1.52. The topological polar surface area (TPSA) is 68.4 Å². The second-order valence-electron chi connectivity index (χ2n) is 4.83. The third-order valence-electron chi connectivity index (χ3n) is 3.34. The van der Waals surface area contributed by atoms with Gasteiger partial charge in [-0.2, -0.15) is 0 Å². The van der Waals surface area contributed by atoms with Gasteiger partial charge in [-0.05, 0) is 17.7 Å². The maximum Gasteiger partial charge on any atom is 0.203 e. The molecule has 1 aromatic heterocycles. The van der Waals surface area contributed by atoms with Crippen LogP contribution in [0.4, 0.5) is 0 Å². The molecule has 6 heteroatoms. The summed E-state index contributed by atoms with van der Waals surface area (Å²) in [5.41, 5.74) is 2.24. The Balaban J connectivity index is 1.60. The third-order valence-corrected chi connectivity index (χ3v) is 3.34. The Bertz CT molecular complexity index is 567. The minimum Gasteiger partial charge on any atom is -0.493 e. The standard InChI is InChI=1S/C15H19N3O3/c1-19-13-6-11(7-14-15(13)21-5-4-20-14)8-16-3-2-12-9-17-10-18-12/h6-7,9-10,16H,2-5,8H2,1H3,(H,17,18). The van der Waals surface area contributed by atoms with E-state index in [1.165, 1.54) is 0 Å². The van der Waals surface area contributed by atoms with E-state index in [1.54, 1.807) is 13.4 Å². The average molecular weight is 289 g/mol. The number of nitrogens with one attached hydrogen (secondary N) is 2. The van der Waals surface area contributed by atoms with E-state index in [9.17, 15) is 0 Å². The van der Waals surface area contributed by atoms with Crippen molar-refractivity contribution in [2.24, 2.45) is 0 Å². The second kappa shape index (κ2) is 6.49. The second-order valence-corrected chi connectivity index (χ2v) is 4.83. The summed E-state index contributed by atoms with van der Waals surface area (Å²) < 4.78 is 16.6. The van der Waals surface area contributed by atoms with Gasteiger partial charge in [0.1, 0.15) is 13.2 Å². The summed E-state index contributed by atoms with van der Waals surface area (Å²) in [6.07, 6.45) is 4.46. The summed E-state index contributed by atoms with van der Waals surface area (Å²) in [5.74, 6) is 2.17. The lowest BCUT2D eigenvalue weighted by Gasteiger charge is -2.21. The Labute approximate surface area is 123 Å². The van der Waals surface area contributed by atoms with E-state index in [-0.39, 0.29) is 0 Å². The van der Waals surface area contributed by atoms with Crippen LogP contribution in [0, 0.1) is 0 Å². The van der Waals surface area contributed by atoms with Gasteiger partial charge in [0.2, 0.25) is 5.75 Å². The first kappa shape index (κ1) is 13.8. The SMILES string of the molecule is COc1cc(CNCCc2cnc[nH]2)cc2c1OCCO2. The molecule has 0 atom stereocenters. The summed E-state index contributed by atoms with van der Waals surface area (Å²) >= 11 is 0. The van der Waals surface area contributed by atoms with Crippen molar-refractivity contribution in [3.05, 3.63) is 35.9 Å². The molecule has 0 saturated heterocycles. The van der Waals surface area contributed by atoms with Crippen molar-refractivity contribution in [2.45, 2.75) is 13.0 Å². The molecule has 0 aliphatic carbocycles. The molecule has 0 saturated carbocycles. The maximum absolute atomic E-state index is 5.63. The Hall–Kier alpha value is -2.21. The molecule has 1 aromatic carbocycles. The summed E-state index contributed by atoms with van der Waals surface area (Å²) in [6, 6.07) is 3.98. The first-order valence-corrected chi connectivity index (χ1v) is 7.01. The molecule has 2 N–H and O–H groups in total. The number of benzene rings is 1. The zero-order valence-electron chi connectivity index (χ0n) is 12.0. The quantitative estimate of drug-likeness (QED) is 0.789. The number of aromatic nitrogens is 2. The number of methoxy groups -OCH3 is 1. The van der Waals surface area contributed by atoms with Crippen LogP contribution in [0.15, 0.2) is 24.7 Å². The fourth-order valence-electron chi connectivity index (χ4n) is 2.31. The van der Waals surface area contributed by atoms with Gasteiger partial charge in [0, 0.05) is 31.4 Å². The molecular formula is C15H19N3O3. The fourth-order valence-corrected chi connectivity index (χ4v) is 2.31. The van der Waals surface area contributed by atoms with Crippen LogP contribution in [-0.4, -0.2) is 36.8 Å². The van der Waals surface area contributed by atoms with E-state index in [0.717, 1.165) is 42.3 Å². The number of nitrogens with zero attached hydrogens (tertiary/aromatic N) is 1. The van der Waals surface area contributed by atoms with Crippen LogP contribution in [0.1, 0.15) is 11.3 Å². The summed E-state index contributed by atoms with van der Waals surface area (Å²) in [6.45, 7) is 2.76. The van der Waals surface area contributed by atoms with E-state index in [0.29, 0.717) is 19.0 Å². The van der Waals surface area contributed by atoms with Crippen LogP contribution >= 0.6 is 0 Å². The molecule has 1 aliphatic rings. The first-order chi connectivity index (χ1) is 10.4. The first-order valence-electron chi connectivity index (χ1n) is 7.01. The van der Waals surface area contributed by atoms with Gasteiger partial charge in [-0.15, -0.1) is 0 Å². The number of ether oxygens (including phenoxy) is 3. The minimum absolute atomic E-state index is 0.561. The van der Waals surface area contributed by atoms with Gasteiger partial charge in [-0.1, -0.05) is 0 Å². The highest BCUT2D eigenvalue weighted by Crippen LogP contribution is 2.40. The molecule has 2 aromatic rings. The van der Waals surface area contributed by atoms with Crippen LogP contribution in [0.25, 0.3) is 0 Å². The minimum atomic E-state index is 0.561. The van der Waals surface area contributed by atoms with Crippen molar-refractivity contribution in [3.63, 3.8) is 0 Å². The van der Waals surface area contributed by atoms with E-state index in [2.05, 4.69) is 15.3 Å². The lowest BCUT2D eigenvalue weighted by Crippen LogP contribution is -2.19. The lowest BCUT2D eigenvalue weighted by molar-refractivity contribution is 0.165. The molecule has 6 nitrogen and oxygen atoms in total. The molecule has 0 amide bonds. The van der Waals surface area contributed by atoms with Gasteiger partial charge in [0.05, 0.1) is 13.4 Å². The van der Waals surface area contributed by atoms with Crippen LogP contribution in [0.2, 0.25) is 0 Å². The number of aromatic amines is 1.